The first-order valence-electron chi connectivity index (χ1n) is 4.96. The smallest absolute Gasteiger partial charge is 0.236 e. The molecule has 0 aromatic rings. The van der Waals surface area contributed by atoms with Gasteiger partial charge in [-0.05, 0) is 6.42 Å². The van der Waals surface area contributed by atoms with E-state index in [-0.39, 0.29) is 36.1 Å². The van der Waals surface area contributed by atoms with E-state index in [4.69, 9.17) is 5.73 Å². The molecular weight excluding hydrogens is 198 g/mol. The number of amides is 3. The molecule has 0 unspecified atom stereocenters. The molecule has 3 N–H and O–H groups in total. The minimum atomic E-state index is -0.373. The Morgan fingerprint density at radius 1 is 1.40 bits per heavy atom. The van der Waals surface area contributed by atoms with Gasteiger partial charge < -0.3 is 10.6 Å². The Morgan fingerprint density at radius 3 is 2.73 bits per heavy atom. The second-order valence-electron chi connectivity index (χ2n) is 3.90. The zero-order valence-electron chi connectivity index (χ0n) is 8.23. The van der Waals surface area contributed by atoms with Crippen LogP contribution >= 0.6 is 0 Å². The van der Waals surface area contributed by atoms with Crippen molar-refractivity contribution in [3.63, 3.8) is 0 Å². The Balaban J connectivity index is 2.08. The van der Waals surface area contributed by atoms with Crippen molar-refractivity contribution in [2.45, 2.75) is 6.42 Å². The lowest BCUT2D eigenvalue weighted by atomic mass is 9.88. The zero-order chi connectivity index (χ0) is 11.0. The molecule has 2 rings (SSSR count). The van der Waals surface area contributed by atoms with Crippen LogP contribution in [0.15, 0.2) is 0 Å². The van der Waals surface area contributed by atoms with Crippen molar-refractivity contribution in [1.29, 1.82) is 0 Å². The fraction of sp³-hybridized carbons (Fsp3) is 0.667. The van der Waals surface area contributed by atoms with Crippen LogP contribution in [0.1, 0.15) is 6.42 Å². The van der Waals surface area contributed by atoms with E-state index in [2.05, 4.69) is 5.32 Å². The van der Waals surface area contributed by atoms with E-state index < -0.39 is 0 Å². The quantitative estimate of drug-likeness (QED) is 0.494. The van der Waals surface area contributed by atoms with Gasteiger partial charge >= 0.3 is 0 Å². The summed E-state index contributed by atoms with van der Waals surface area (Å²) in [4.78, 5) is 35.6. The van der Waals surface area contributed by atoms with Crippen LogP contribution in [0.25, 0.3) is 0 Å². The van der Waals surface area contributed by atoms with Crippen LogP contribution in [0.3, 0.4) is 0 Å². The second-order valence-corrected chi connectivity index (χ2v) is 3.90. The van der Waals surface area contributed by atoms with Gasteiger partial charge in [0.25, 0.3) is 0 Å². The van der Waals surface area contributed by atoms with E-state index in [0.29, 0.717) is 19.5 Å². The Hall–Kier alpha value is -1.43. The molecule has 2 heterocycles. The maximum absolute atomic E-state index is 11.4. The number of hydrogen-bond acceptors (Lipinski definition) is 4. The van der Waals surface area contributed by atoms with Crippen LogP contribution in [0, 0.1) is 11.8 Å². The predicted octanol–water partition coefficient (Wildman–Crippen LogP) is -1.93. The molecule has 15 heavy (non-hydrogen) atoms. The first-order valence-corrected chi connectivity index (χ1v) is 4.96. The van der Waals surface area contributed by atoms with Gasteiger partial charge in [0, 0.05) is 13.1 Å². The van der Waals surface area contributed by atoms with Gasteiger partial charge in [0.2, 0.25) is 17.7 Å². The molecule has 0 spiro atoms. The lowest BCUT2D eigenvalue weighted by Crippen LogP contribution is -2.46. The third-order valence-electron chi connectivity index (χ3n) is 3.06. The molecule has 0 bridgehead atoms. The molecule has 0 aliphatic carbocycles. The summed E-state index contributed by atoms with van der Waals surface area (Å²) in [6, 6.07) is 0. The third kappa shape index (κ3) is 1.61. The summed E-state index contributed by atoms with van der Waals surface area (Å²) in [7, 11) is 0. The van der Waals surface area contributed by atoms with Gasteiger partial charge in [0.05, 0.1) is 18.4 Å². The standard InChI is InChI=1S/C9H13N3O3/c10-3-7(13)12-2-1-5-6(4-12)9(15)11-8(5)14/h5-6H,1-4,10H2,(H,11,14,15)/t5-,6-/m1/s1. The number of hydrogen-bond donors (Lipinski definition) is 2. The molecule has 6 nitrogen and oxygen atoms in total. The van der Waals surface area contributed by atoms with Crippen LogP contribution in [-0.2, 0) is 14.4 Å². The molecule has 0 aromatic carbocycles. The molecule has 0 saturated carbocycles. The number of piperidine rings is 1. The lowest BCUT2D eigenvalue weighted by molar-refractivity contribution is -0.135. The Kier molecular flexibility index (Phi) is 2.44. The summed E-state index contributed by atoms with van der Waals surface area (Å²) in [5.41, 5.74) is 5.24. The van der Waals surface area contributed by atoms with Crippen molar-refractivity contribution in [1.82, 2.24) is 10.2 Å². The van der Waals surface area contributed by atoms with Crippen molar-refractivity contribution < 1.29 is 14.4 Å². The number of nitrogens with two attached hydrogens (primary N) is 1. The number of likely N-dealkylation sites (tertiary alicyclic amines) is 1. The van der Waals surface area contributed by atoms with Crippen molar-refractivity contribution in [3.8, 4) is 0 Å². The average Bonchev–Trinajstić information content (AvgIpc) is 2.53. The van der Waals surface area contributed by atoms with Crippen LogP contribution in [0.5, 0.6) is 0 Å². The average molecular weight is 211 g/mol. The fourth-order valence-corrected chi connectivity index (χ4v) is 2.19. The highest BCUT2D eigenvalue weighted by Gasteiger charge is 2.45. The molecule has 2 fully saturated rings. The topological polar surface area (TPSA) is 92.5 Å². The second kappa shape index (κ2) is 3.62. The van der Waals surface area contributed by atoms with E-state index >= 15 is 0 Å². The molecule has 6 heteroatoms. The van der Waals surface area contributed by atoms with Crippen molar-refractivity contribution in [3.05, 3.63) is 0 Å². The number of nitrogens with zero attached hydrogens (tertiary/aromatic N) is 1. The fourth-order valence-electron chi connectivity index (χ4n) is 2.19. The van der Waals surface area contributed by atoms with Crippen molar-refractivity contribution in [2.24, 2.45) is 17.6 Å². The van der Waals surface area contributed by atoms with E-state index in [1.54, 1.807) is 4.90 Å². The van der Waals surface area contributed by atoms with Gasteiger partial charge in [-0.3, -0.25) is 19.7 Å². The highest BCUT2D eigenvalue weighted by Crippen LogP contribution is 2.28. The lowest BCUT2D eigenvalue weighted by Gasteiger charge is -2.32. The van der Waals surface area contributed by atoms with Gasteiger partial charge in [-0.2, -0.15) is 0 Å². The minimum Gasteiger partial charge on any atom is -0.341 e. The highest BCUT2D eigenvalue weighted by molar-refractivity contribution is 6.05. The van der Waals surface area contributed by atoms with E-state index in [9.17, 15) is 14.4 Å². The summed E-state index contributed by atoms with van der Waals surface area (Å²) < 4.78 is 0. The zero-order valence-corrected chi connectivity index (χ0v) is 8.23. The number of rotatable bonds is 1. The summed E-state index contributed by atoms with van der Waals surface area (Å²) in [6.07, 6.45) is 0.550. The number of nitrogens with one attached hydrogen (secondary N) is 1. The van der Waals surface area contributed by atoms with E-state index in [1.807, 2.05) is 0 Å². The summed E-state index contributed by atoms with van der Waals surface area (Å²) in [5.74, 6) is -1.26. The van der Waals surface area contributed by atoms with Crippen LogP contribution in [0.2, 0.25) is 0 Å². The molecule has 2 aliphatic rings. The largest absolute Gasteiger partial charge is 0.341 e. The Morgan fingerprint density at radius 2 is 2.07 bits per heavy atom. The normalized spacial score (nSPS) is 30.1. The van der Waals surface area contributed by atoms with Gasteiger partial charge in [0.1, 0.15) is 0 Å². The maximum atomic E-state index is 11.4. The molecule has 2 atom stereocenters. The number of fused-ring (bicyclic) bond motifs is 1. The highest BCUT2D eigenvalue weighted by atomic mass is 16.2. The number of carbonyl (C=O) groups excluding carboxylic acids is 3. The van der Waals surface area contributed by atoms with E-state index in [1.165, 1.54) is 0 Å². The predicted molar refractivity (Wildman–Crippen MR) is 50.4 cm³/mol. The molecular formula is C9H13N3O3. The Labute approximate surface area is 86.8 Å². The molecule has 0 radical (unpaired) electrons. The summed E-state index contributed by atoms with van der Waals surface area (Å²) in [6.45, 7) is 0.781. The molecule has 82 valence electrons. The summed E-state index contributed by atoms with van der Waals surface area (Å²) >= 11 is 0. The first-order chi connectivity index (χ1) is 7.13. The summed E-state index contributed by atoms with van der Waals surface area (Å²) in [5, 5.41) is 2.29. The monoisotopic (exact) mass is 211 g/mol. The third-order valence-corrected chi connectivity index (χ3v) is 3.06. The Bertz CT molecular complexity index is 329. The number of carbonyl (C=O) groups is 3. The molecule has 2 saturated heterocycles. The van der Waals surface area contributed by atoms with Crippen LogP contribution < -0.4 is 11.1 Å². The van der Waals surface area contributed by atoms with E-state index in [0.717, 1.165) is 0 Å². The SMILES string of the molecule is NCC(=O)N1CC[C@H]2C(=O)NC(=O)[C@@H]2C1. The maximum Gasteiger partial charge on any atom is 0.236 e. The molecule has 0 aromatic heterocycles. The number of imide groups is 1. The van der Waals surface area contributed by atoms with Gasteiger partial charge in [0.15, 0.2) is 0 Å². The van der Waals surface area contributed by atoms with Gasteiger partial charge in [-0.15, -0.1) is 0 Å². The van der Waals surface area contributed by atoms with Crippen LogP contribution in [-0.4, -0.2) is 42.3 Å². The van der Waals surface area contributed by atoms with Crippen molar-refractivity contribution >= 4 is 17.7 Å². The molecule has 3 amide bonds. The van der Waals surface area contributed by atoms with Crippen LogP contribution in [0.4, 0.5) is 0 Å². The van der Waals surface area contributed by atoms with Gasteiger partial charge in [-0.25, -0.2) is 0 Å². The van der Waals surface area contributed by atoms with Gasteiger partial charge in [-0.1, -0.05) is 0 Å². The van der Waals surface area contributed by atoms with Crippen molar-refractivity contribution in [2.75, 3.05) is 19.6 Å². The first kappa shape index (κ1) is 10.1. The minimum absolute atomic E-state index is 0.0487. The molecule has 2 aliphatic heterocycles.